The molecule has 0 amide bonds. The van der Waals surface area contributed by atoms with Gasteiger partial charge in [-0.1, -0.05) is 0 Å². The molecule has 6 heteroatoms. The van der Waals surface area contributed by atoms with Gasteiger partial charge < -0.3 is 20.8 Å². The van der Waals surface area contributed by atoms with E-state index in [1.54, 1.807) is 6.26 Å². The summed E-state index contributed by atoms with van der Waals surface area (Å²) in [6, 6.07) is 6.02. The van der Waals surface area contributed by atoms with Gasteiger partial charge in [-0.15, -0.1) is 0 Å². The van der Waals surface area contributed by atoms with E-state index in [2.05, 4.69) is 27.5 Å². The summed E-state index contributed by atoms with van der Waals surface area (Å²) in [7, 11) is 0. The molecule has 0 fully saturated rings. The number of furan rings is 1. The van der Waals surface area contributed by atoms with Crippen LogP contribution >= 0.6 is 0 Å². The zero-order chi connectivity index (χ0) is 14.4. The molecular formula is C14H21N5O. The van der Waals surface area contributed by atoms with Crippen molar-refractivity contribution in [1.29, 1.82) is 0 Å². The fourth-order valence-corrected chi connectivity index (χ4v) is 1.95. The summed E-state index contributed by atoms with van der Waals surface area (Å²) in [4.78, 5) is 8.31. The topological polar surface area (TPSA) is 89.0 Å². The molecule has 0 spiro atoms. The quantitative estimate of drug-likeness (QED) is 0.719. The largest absolute Gasteiger partial charge is 0.469 e. The molecule has 1 unspecified atom stereocenters. The van der Waals surface area contributed by atoms with E-state index in [0.717, 1.165) is 36.8 Å². The maximum absolute atomic E-state index is 5.70. The number of rotatable bonds is 7. The number of nitrogens with two attached hydrogens (primary N) is 1. The maximum atomic E-state index is 5.70. The Kier molecular flexibility index (Phi) is 4.81. The van der Waals surface area contributed by atoms with E-state index in [0.29, 0.717) is 0 Å². The van der Waals surface area contributed by atoms with Crippen LogP contribution in [-0.2, 0) is 6.42 Å². The van der Waals surface area contributed by atoms with Crippen LogP contribution in [0.4, 0.5) is 17.6 Å². The minimum absolute atomic E-state index is 0.267. The van der Waals surface area contributed by atoms with Crippen LogP contribution in [0.25, 0.3) is 0 Å². The number of nitrogen functional groups attached to an aromatic ring is 1. The van der Waals surface area contributed by atoms with Crippen molar-refractivity contribution in [2.75, 3.05) is 22.9 Å². The highest BCUT2D eigenvalue weighted by Crippen LogP contribution is 2.15. The van der Waals surface area contributed by atoms with Crippen molar-refractivity contribution in [3.8, 4) is 0 Å². The van der Waals surface area contributed by atoms with Gasteiger partial charge in [-0.3, -0.25) is 0 Å². The van der Waals surface area contributed by atoms with Gasteiger partial charge in [0.1, 0.15) is 17.4 Å². The number of aromatic nitrogens is 2. The SMILES string of the molecule is CCNc1cc(NC(C)CCc2ccco2)nc(N)n1. The third kappa shape index (κ3) is 4.15. The molecule has 2 aromatic heterocycles. The number of aryl methyl sites for hydroxylation is 1. The van der Waals surface area contributed by atoms with Crippen molar-refractivity contribution in [3.63, 3.8) is 0 Å². The van der Waals surface area contributed by atoms with E-state index in [9.17, 15) is 0 Å². The molecule has 0 aromatic carbocycles. The Morgan fingerprint density at radius 3 is 2.85 bits per heavy atom. The zero-order valence-electron chi connectivity index (χ0n) is 11.9. The summed E-state index contributed by atoms with van der Waals surface area (Å²) >= 11 is 0. The second-order valence-electron chi connectivity index (χ2n) is 4.69. The van der Waals surface area contributed by atoms with E-state index in [-0.39, 0.29) is 12.0 Å². The van der Waals surface area contributed by atoms with Crippen molar-refractivity contribution in [3.05, 3.63) is 30.2 Å². The molecule has 2 rings (SSSR count). The third-order valence-electron chi connectivity index (χ3n) is 2.90. The molecule has 0 aliphatic carbocycles. The molecule has 0 bridgehead atoms. The molecule has 2 heterocycles. The average Bonchev–Trinajstić information content (AvgIpc) is 2.89. The van der Waals surface area contributed by atoms with Crippen LogP contribution < -0.4 is 16.4 Å². The summed E-state index contributed by atoms with van der Waals surface area (Å²) in [5.74, 6) is 2.74. The number of hydrogen-bond acceptors (Lipinski definition) is 6. The van der Waals surface area contributed by atoms with E-state index >= 15 is 0 Å². The van der Waals surface area contributed by atoms with Crippen LogP contribution in [0.1, 0.15) is 26.0 Å². The van der Waals surface area contributed by atoms with Gasteiger partial charge in [-0.25, -0.2) is 0 Å². The summed E-state index contributed by atoms with van der Waals surface area (Å²) in [6.07, 6.45) is 3.54. The summed E-state index contributed by atoms with van der Waals surface area (Å²) in [5.41, 5.74) is 5.70. The van der Waals surface area contributed by atoms with E-state index in [1.807, 2.05) is 25.1 Å². The van der Waals surface area contributed by atoms with Crippen molar-refractivity contribution in [1.82, 2.24) is 9.97 Å². The Hall–Kier alpha value is -2.24. The number of nitrogens with one attached hydrogen (secondary N) is 2. The first-order valence-electron chi connectivity index (χ1n) is 6.84. The van der Waals surface area contributed by atoms with Gasteiger partial charge in [-0.2, -0.15) is 9.97 Å². The number of nitrogens with zero attached hydrogens (tertiary/aromatic N) is 2. The number of anilines is 3. The van der Waals surface area contributed by atoms with Gasteiger partial charge in [-0.05, 0) is 32.4 Å². The van der Waals surface area contributed by atoms with Gasteiger partial charge in [0, 0.05) is 25.1 Å². The first-order chi connectivity index (χ1) is 9.67. The van der Waals surface area contributed by atoms with Crippen molar-refractivity contribution in [2.24, 2.45) is 0 Å². The smallest absolute Gasteiger partial charge is 0.223 e. The van der Waals surface area contributed by atoms with E-state index < -0.39 is 0 Å². The molecule has 20 heavy (non-hydrogen) atoms. The Labute approximate surface area is 118 Å². The Morgan fingerprint density at radius 1 is 1.35 bits per heavy atom. The Morgan fingerprint density at radius 2 is 2.15 bits per heavy atom. The molecule has 0 aliphatic heterocycles. The fourth-order valence-electron chi connectivity index (χ4n) is 1.95. The zero-order valence-corrected chi connectivity index (χ0v) is 11.9. The lowest BCUT2D eigenvalue weighted by molar-refractivity contribution is 0.495. The lowest BCUT2D eigenvalue weighted by Crippen LogP contribution is -2.18. The van der Waals surface area contributed by atoms with Crippen molar-refractivity contribution >= 4 is 17.6 Å². The lowest BCUT2D eigenvalue weighted by atomic mass is 10.1. The predicted molar refractivity (Wildman–Crippen MR) is 80.7 cm³/mol. The Balaban J connectivity index is 1.91. The van der Waals surface area contributed by atoms with Crippen LogP contribution in [0.15, 0.2) is 28.9 Å². The van der Waals surface area contributed by atoms with Gasteiger partial charge >= 0.3 is 0 Å². The summed E-state index contributed by atoms with van der Waals surface area (Å²) in [5, 5.41) is 6.46. The van der Waals surface area contributed by atoms with E-state index in [1.165, 1.54) is 0 Å². The molecule has 0 radical (unpaired) electrons. The van der Waals surface area contributed by atoms with Crippen LogP contribution in [0, 0.1) is 0 Å². The highest BCUT2D eigenvalue weighted by atomic mass is 16.3. The molecule has 0 saturated carbocycles. The minimum atomic E-state index is 0.267. The molecule has 108 valence electrons. The second kappa shape index (κ2) is 6.79. The van der Waals surface area contributed by atoms with E-state index in [4.69, 9.17) is 10.2 Å². The van der Waals surface area contributed by atoms with Gasteiger partial charge in [0.2, 0.25) is 5.95 Å². The molecule has 2 aromatic rings. The lowest BCUT2D eigenvalue weighted by Gasteiger charge is -2.15. The molecular weight excluding hydrogens is 254 g/mol. The summed E-state index contributed by atoms with van der Waals surface area (Å²) < 4.78 is 5.32. The molecule has 0 saturated heterocycles. The second-order valence-corrected chi connectivity index (χ2v) is 4.69. The standard InChI is InChI=1S/C14H21N5O/c1-3-16-12-9-13(19-14(15)18-12)17-10(2)6-7-11-5-4-8-20-11/h4-5,8-10H,3,6-7H2,1-2H3,(H4,15,16,17,18,19). The van der Waals surface area contributed by atoms with Crippen molar-refractivity contribution < 1.29 is 4.42 Å². The van der Waals surface area contributed by atoms with Crippen LogP contribution in [-0.4, -0.2) is 22.6 Å². The highest BCUT2D eigenvalue weighted by Gasteiger charge is 2.07. The van der Waals surface area contributed by atoms with Gasteiger partial charge in [0.25, 0.3) is 0 Å². The summed E-state index contributed by atoms with van der Waals surface area (Å²) in [6.45, 7) is 4.91. The predicted octanol–water partition coefficient (Wildman–Crippen LogP) is 2.52. The van der Waals surface area contributed by atoms with Gasteiger partial charge in [0.05, 0.1) is 6.26 Å². The normalized spacial score (nSPS) is 12.1. The molecule has 1 atom stereocenters. The Bertz CT molecular complexity index is 526. The average molecular weight is 275 g/mol. The first-order valence-corrected chi connectivity index (χ1v) is 6.84. The first kappa shape index (κ1) is 14.2. The minimum Gasteiger partial charge on any atom is -0.469 e. The maximum Gasteiger partial charge on any atom is 0.223 e. The molecule has 6 nitrogen and oxygen atoms in total. The number of hydrogen-bond donors (Lipinski definition) is 3. The highest BCUT2D eigenvalue weighted by molar-refractivity contribution is 5.51. The molecule has 0 aliphatic rings. The fraction of sp³-hybridized carbons (Fsp3) is 0.429. The van der Waals surface area contributed by atoms with Crippen molar-refractivity contribution in [2.45, 2.75) is 32.7 Å². The van der Waals surface area contributed by atoms with Crippen LogP contribution in [0.2, 0.25) is 0 Å². The monoisotopic (exact) mass is 275 g/mol. The third-order valence-corrected chi connectivity index (χ3v) is 2.90. The van der Waals surface area contributed by atoms with Crippen LogP contribution in [0.5, 0.6) is 0 Å². The molecule has 4 N–H and O–H groups in total. The van der Waals surface area contributed by atoms with Crippen LogP contribution in [0.3, 0.4) is 0 Å². The van der Waals surface area contributed by atoms with Gasteiger partial charge in [0.15, 0.2) is 0 Å².